The van der Waals surface area contributed by atoms with Crippen LogP contribution in [-0.2, 0) is 6.42 Å². The number of halogens is 1. The van der Waals surface area contributed by atoms with Gasteiger partial charge in [0, 0.05) is 12.2 Å². The molecule has 0 atom stereocenters. The van der Waals surface area contributed by atoms with Crippen molar-refractivity contribution in [3.05, 3.63) is 29.8 Å². The number of nitrogens with one attached hydrogen (secondary N) is 1. The van der Waals surface area contributed by atoms with Crippen LogP contribution in [0, 0.1) is 11.3 Å². The van der Waals surface area contributed by atoms with E-state index in [1.165, 1.54) is 13.8 Å². The molecule has 0 aromatic heterocycles. The van der Waals surface area contributed by atoms with E-state index in [9.17, 15) is 4.39 Å². The fourth-order valence-corrected chi connectivity index (χ4v) is 1.19. The molecule has 80 valence electrons. The Morgan fingerprint density at radius 3 is 2.80 bits per heavy atom. The topological polar surface area (TPSA) is 35.8 Å². The lowest BCUT2D eigenvalue weighted by atomic mass is 10.1. The lowest BCUT2D eigenvalue weighted by Gasteiger charge is -2.16. The van der Waals surface area contributed by atoms with Gasteiger partial charge in [-0.25, -0.2) is 4.39 Å². The summed E-state index contributed by atoms with van der Waals surface area (Å²) in [7, 11) is 0. The van der Waals surface area contributed by atoms with E-state index in [0.717, 1.165) is 11.3 Å². The summed E-state index contributed by atoms with van der Waals surface area (Å²) < 4.78 is 13.2. The first-order valence-electron chi connectivity index (χ1n) is 4.90. The highest BCUT2D eigenvalue weighted by molar-refractivity contribution is 5.46. The molecule has 0 spiro atoms. The molecule has 0 bridgehead atoms. The Balaban J connectivity index is 2.62. The summed E-state index contributed by atoms with van der Waals surface area (Å²) in [6.45, 7) is 3.32. The number of anilines is 1. The summed E-state index contributed by atoms with van der Waals surface area (Å²) in [5.74, 6) is 0. The maximum Gasteiger partial charge on any atom is 0.122 e. The van der Waals surface area contributed by atoms with Gasteiger partial charge in [-0.05, 0) is 31.5 Å². The Kier molecular flexibility index (Phi) is 3.68. The van der Waals surface area contributed by atoms with Crippen LogP contribution in [0.5, 0.6) is 0 Å². The van der Waals surface area contributed by atoms with Crippen molar-refractivity contribution >= 4 is 5.69 Å². The second kappa shape index (κ2) is 4.79. The van der Waals surface area contributed by atoms with Crippen molar-refractivity contribution in [2.45, 2.75) is 25.9 Å². The Hall–Kier alpha value is -1.56. The molecule has 0 saturated carbocycles. The molecule has 0 aliphatic carbocycles. The molecule has 1 aromatic rings. The zero-order valence-corrected chi connectivity index (χ0v) is 9.05. The van der Waals surface area contributed by atoms with Crippen LogP contribution in [0.3, 0.4) is 0 Å². The molecule has 0 saturated heterocycles. The van der Waals surface area contributed by atoms with Crippen molar-refractivity contribution in [3.8, 4) is 6.07 Å². The Bertz CT molecular complexity index is 361. The molecule has 1 N–H and O–H groups in total. The molecule has 15 heavy (non-hydrogen) atoms. The number of nitrogens with zero attached hydrogens (tertiary/aromatic N) is 1. The molecule has 2 nitrogen and oxygen atoms in total. The molecule has 0 fully saturated rings. The molecule has 3 heteroatoms. The van der Waals surface area contributed by atoms with E-state index < -0.39 is 5.67 Å². The minimum Gasteiger partial charge on any atom is -0.382 e. The largest absolute Gasteiger partial charge is 0.382 e. The average Bonchev–Trinajstić information content (AvgIpc) is 2.15. The molecule has 0 amide bonds. The third-order valence-corrected chi connectivity index (χ3v) is 1.92. The van der Waals surface area contributed by atoms with Crippen LogP contribution in [0.2, 0.25) is 0 Å². The minimum absolute atomic E-state index is 0.267. The highest BCUT2D eigenvalue weighted by atomic mass is 19.1. The molecule has 0 unspecified atom stereocenters. The van der Waals surface area contributed by atoms with E-state index >= 15 is 0 Å². The van der Waals surface area contributed by atoms with Crippen molar-refractivity contribution < 1.29 is 4.39 Å². The predicted molar refractivity (Wildman–Crippen MR) is 59.4 cm³/mol. The first kappa shape index (κ1) is 11.5. The van der Waals surface area contributed by atoms with Crippen LogP contribution in [0.25, 0.3) is 0 Å². The number of benzene rings is 1. The summed E-state index contributed by atoms with van der Waals surface area (Å²) in [4.78, 5) is 0. The van der Waals surface area contributed by atoms with Gasteiger partial charge in [0.05, 0.1) is 12.5 Å². The molecule has 1 aromatic carbocycles. The summed E-state index contributed by atoms with van der Waals surface area (Å²) in [5.41, 5.74) is 0.568. The molecular formula is C12H15FN2. The van der Waals surface area contributed by atoms with Crippen molar-refractivity contribution in [1.82, 2.24) is 0 Å². The molecule has 0 aliphatic heterocycles. The highest BCUT2D eigenvalue weighted by Crippen LogP contribution is 2.14. The first-order valence-corrected chi connectivity index (χ1v) is 4.90. The van der Waals surface area contributed by atoms with E-state index in [0.29, 0.717) is 6.42 Å². The summed E-state index contributed by atoms with van der Waals surface area (Å²) >= 11 is 0. The van der Waals surface area contributed by atoms with Crippen LogP contribution in [0.15, 0.2) is 24.3 Å². The van der Waals surface area contributed by atoms with Gasteiger partial charge in [0.1, 0.15) is 5.67 Å². The van der Waals surface area contributed by atoms with Gasteiger partial charge in [-0.1, -0.05) is 12.1 Å². The van der Waals surface area contributed by atoms with Gasteiger partial charge in [0.2, 0.25) is 0 Å². The minimum atomic E-state index is -1.23. The Labute approximate surface area is 89.7 Å². The number of alkyl halides is 1. The predicted octanol–water partition coefficient (Wildman–Crippen LogP) is 2.91. The second-order valence-electron chi connectivity index (χ2n) is 4.11. The molecule has 0 aliphatic rings. The third kappa shape index (κ3) is 4.46. The van der Waals surface area contributed by atoms with Crippen molar-refractivity contribution in [1.29, 1.82) is 5.26 Å². The number of nitriles is 1. The molecule has 0 heterocycles. The number of hydrogen-bond donors (Lipinski definition) is 1. The number of rotatable bonds is 4. The fourth-order valence-electron chi connectivity index (χ4n) is 1.19. The van der Waals surface area contributed by atoms with Gasteiger partial charge >= 0.3 is 0 Å². The van der Waals surface area contributed by atoms with Crippen LogP contribution >= 0.6 is 0 Å². The van der Waals surface area contributed by atoms with Gasteiger partial charge in [0.15, 0.2) is 0 Å². The smallest absolute Gasteiger partial charge is 0.122 e. The number of hydrogen-bond acceptors (Lipinski definition) is 2. The quantitative estimate of drug-likeness (QED) is 0.822. The summed E-state index contributed by atoms with van der Waals surface area (Å²) in [6, 6.07) is 9.56. The van der Waals surface area contributed by atoms with Gasteiger partial charge in [0.25, 0.3) is 0 Å². The van der Waals surface area contributed by atoms with E-state index in [-0.39, 0.29) is 6.54 Å². The lowest BCUT2D eigenvalue weighted by molar-refractivity contribution is 0.235. The Morgan fingerprint density at radius 2 is 2.20 bits per heavy atom. The second-order valence-corrected chi connectivity index (χ2v) is 4.11. The Morgan fingerprint density at radius 1 is 1.47 bits per heavy atom. The van der Waals surface area contributed by atoms with Crippen LogP contribution in [0.4, 0.5) is 10.1 Å². The zero-order chi connectivity index (χ0) is 11.3. The molecule has 1 rings (SSSR count). The van der Waals surface area contributed by atoms with E-state index in [1.54, 1.807) is 0 Å². The molecular weight excluding hydrogens is 191 g/mol. The normalized spacial score (nSPS) is 10.8. The monoisotopic (exact) mass is 206 g/mol. The highest BCUT2D eigenvalue weighted by Gasteiger charge is 2.14. The molecule has 0 radical (unpaired) electrons. The summed E-state index contributed by atoms with van der Waals surface area (Å²) in [6.07, 6.45) is 0.383. The van der Waals surface area contributed by atoms with Crippen molar-refractivity contribution in [2.24, 2.45) is 0 Å². The average molecular weight is 206 g/mol. The fraction of sp³-hybridized carbons (Fsp3) is 0.417. The van der Waals surface area contributed by atoms with Gasteiger partial charge < -0.3 is 5.32 Å². The van der Waals surface area contributed by atoms with E-state index in [4.69, 9.17) is 5.26 Å². The van der Waals surface area contributed by atoms with Gasteiger partial charge in [-0.2, -0.15) is 5.26 Å². The standard InChI is InChI=1S/C12H15FN2/c1-12(2,13)9-15-11-5-3-4-10(8-11)6-7-14/h3-5,8,15H,6,9H2,1-2H3. The van der Waals surface area contributed by atoms with Crippen LogP contribution in [0.1, 0.15) is 19.4 Å². The van der Waals surface area contributed by atoms with E-state index in [1.807, 2.05) is 24.3 Å². The van der Waals surface area contributed by atoms with Gasteiger partial charge in [-0.3, -0.25) is 0 Å². The zero-order valence-electron chi connectivity index (χ0n) is 9.05. The van der Waals surface area contributed by atoms with Crippen LogP contribution < -0.4 is 5.32 Å². The summed E-state index contributed by atoms with van der Waals surface area (Å²) in [5, 5.41) is 11.5. The maximum atomic E-state index is 13.2. The van der Waals surface area contributed by atoms with E-state index in [2.05, 4.69) is 11.4 Å². The lowest BCUT2D eigenvalue weighted by Crippen LogP contribution is -2.24. The SMILES string of the molecule is CC(C)(F)CNc1cccc(CC#N)c1. The first-order chi connectivity index (χ1) is 7.01. The maximum absolute atomic E-state index is 13.2. The third-order valence-electron chi connectivity index (χ3n) is 1.92. The van der Waals surface area contributed by atoms with Gasteiger partial charge in [-0.15, -0.1) is 0 Å². The van der Waals surface area contributed by atoms with Crippen molar-refractivity contribution in [3.63, 3.8) is 0 Å². The van der Waals surface area contributed by atoms with Crippen molar-refractivity contribution in [2.75, 3.05) is 11.9 Å². The van der Waals surface area contributed by atoms with Crippen LogP contribution in [-0.4, -0.2) is 12.2 Å².